The van der Waals surface area contributed by atoms with E-state index in [9.17, 15) is 0 Å². The summed E-state index contributed by atoms with van der Waals surface area (Å²) < 4.78 is 6.80. The maximum Gasteiger partial charge on any atom is 0.215 e. The van der Waals surface area contributed by atoms with E-state index >= 15 is 0 Å². The van der Waals surface area contributed by atoms with E-state index in [0.717, 1.165) is 22.5 Å². The summed E-state index contributed by atoms with van der Waals surface area (Å²) in [6, 6.07) is 32.3. The van der Waals surface area contributed by atoms with Crippen LogP contribution in [0.3, 0.4) is 0 Å². The van der Waals surface area contributed by atoms with E-state index in [-0.39, 0.29) is 0 Å². The Morgan fingerprint density at radius 3 is 1.97 bits per heavy atom. The fourth-order valence-corrected chi connectivity index (χ4v) is 4.90. The number of para-hydroxylation sites is 4. The van der Waals surface area contributed by atoms with Crippen LogP contribution in [-0.4, -0.2) is 18.5 Å². The van der Waals surface area contributed by atoms with E-state index in [0.29, 0.717) is 0 Å². The van der Waals surface area contributed by atoms with Crippen molar-refractivity contribution in [3.05, 3.63) is 91.0 Å². The van der Waals surface area contributed by atoms with Crippen molar-refractivity contribution in [1.29, 1.82) is 0 Å². The van der Waals surface area contributed by atoms with Crippen molar-refractivity contribution in [1.82, 2.24) is 18.5 Å². The van der Waals surface area contributed by atoms with Crippen LogP contribution in [0, 0.1) is 0 Å². The van der Waals surface area contributed by atoms with Gasteiger partial charge in [0.05, 0.1) is 33.1 Å². The van der Waals surface area contributed by atoms with Crippen molar-refractivity contribution in [2.24, 2.45) is 7.05 Å². The molecule has 0 radical (unpaired) electrons. The van der Waals surface area contributed by atoms with Crippen LogP contribution in [0.1, 0.15) is 0 Å². The number of nitrogens with zero attached hydrogens (tertiary/aromatic N) is 4. The monoisotopic (exact) mass is 386 g/mol. The molecule has 0 amide bonds. The van der Waals surface area contributed by atoms with Gasteiger partial charge in [0, 0.05) is 23.5 Å². The topological polar surface area (TPSA) is 27.2 Å². The second-order valence-corrected chi connectivity index (χ2v) is 7.84. The molecule has 3 aromatic heterocycles. The number of imidazole rings is 2. The van der Waals surface area contributed by atoms with Gasteiger partial charge in [-0.2, -0.15) is 0 Å². The number of hydrogen-bond donors (Lipinski definition) is 0. The van der Waals surface area contributed by atoms with Crippen molar-refractivity contribution in [2.45, 2.75) is 0 Å². The summed E-state index contributed by atoms with van der Waals surface area (Å²) in [7, 11) is 2.09. The highest BCUT2D eigenvalue weighted by molar-refractivity contribution is 6.09. The van der Waals surface area contributed by atoms with Crippen LogP contribution in [0.15, 0.2) is 91.0 Å². The molecule has 0 spiro atoms. The average molecular weight is 386 g/mol. The normalized spacial score (nSPS) is 12.2. The summed E-state index contributed by atoms with van der Waals surface area (Å²) in [5.41, 5.74) is 8.10. The molecule has 0 fully saturated rings. The van der Waals surface area contributed by atoms with Crippen LogP contribution in [0.2, 0.25) is 0 Å². The molecule has 3 heterocycles. The Morgan fingerprint density at radius 1 is 0.600 bits per heavy atom. The number of rotatable bonds is 1. The lowest BCUT2D eigenvalue weighted by Gasteiger charge is -2.08. The molecular formula is C26H18N4. The quantitative estimate of drug-likeness (QED) is 0.336. The van der Waals surface area contributed by atoms with Gasteiger partial charge < -0.3 is 9.13 Å². The lowest BCUT2D eigenvalue weighted by molar-refractivity contribution is 0.973. The second-order valence-electron chi connectivity index (χ2n) is 7.84. The molecule has 0 bridgehead atoms. The second kappa shape index (κ2) is 5.51. The summed E-state index contributed by atoms with van der Waals surface area (Å²) in [5.74, 6) is 0.963. The van der Waals surface area contributed by atoms with Gasteiger partial charge in [0.2, 0.25) is 5.78 Å². The van der Waals surface area contributed by atoms with Crippen LogP contribution >= 0.6 is 0 Å². The van der Waals surface area contributed by atoms with Crippen LogP contribution in [0.5, 0.6) is 0 Å². The highest BCUT2D eigenvalue weighted by Crippen LogP contribution is 2.33. The van der Waals surface area contributed by atoms with Gasteiger partial charge in [-0.15, -0.1) is 0 Å². The molecule has 30 heavy (non-hydrogen) atoms. The SMILES string of the molecule is Cn1c2ccc(-n3c4ccccc4c4ccccc43)cc2n2c3ccccc3nc12. The van der Waals surface area contributed by atoms with Gasteiger partial charge in [-0.3, -0.25) is 4.40 Å². The summed E-state index contributed by atoms with van der Waals surface area (Å²) >= 11 is 0. The number of aryl methyl sites for hydroxylation is 1. The van der Waals surface area contributed by atoms with Gasteiger partial charge in [-0.25, -0.2) is 4.98 Å². The predicted octanol–water partition coefficient (Wildman–Crippen LogP) is 6.08. The number of benzene rings is 4. The molecule has 0 saturated heterocycles. The number of aromatic nitrogens is 4. The van der Waals surface area contributed by atoms with Crippen molar-refractivity contribution < 1.29 is 0 Å². The Balaban J connectivity index is 1.64. The van der Waals surface area contributed by atoms with Crippen LogP contribution in [-0.2, 0) is 7.05 Å². The summed E-state index contributed by atoms with van der Waals surface area (Å²) in [6.07, 6.45) is 0. The van der Waals surface area contributed by atoms with Gasteiger partial charge in [-0.05, 0) is 42.5 Å². The third-order valence-corrected chi connectivity index (χ3v) is 6.24. The minimum Gasteiger partial charge on any atom is -0.313 e. The molecule has 0 atom stereocenters. The average Bonchev–Trinajstić information content (AvgIpc) is 3.42. The van der Waals surface area contributed by atoms with Gasteiger partial charge in [-0.1, -0.05) is 48.5 Å². The first-order valence-electron chi connectivity index (χ1n) is 10.2. The number of hydrogen-bond acceptors (Lipinski definition) is 1. The van der Waals surface area contributed by atoms with Crippen molar-refractivity contribution in [3.8, 4) is 5.69 Å². The molecule has 4 heteroatoms. The minimum absolute atomic E-state index is 0.963. The molecule has 0 aliphatic rings. The van der Waals surface area contributed by atoms with Crippen molar-refractivity contribution in [3.63, 3.8) is 0 Å². The lowest BCUT2D eigenvalue weighted by Crippen LogP contribution is -1.94. The van der Waals surface area contributed by atoms with E-state index < -0.39 is 0 Å². The molecule has 4 aromatic carbocycles. The van der Waals surface area contributed by atoms with E-state index in [1.165, 1.54) is 32.8 Å². The Kier molecular flexibility index (Phi) is 2.91. The van der Waals surface area contributed by atoms with Gasteiger partial charge >= 0.3 is 0 Å². The zero-order chi connectivity index (χ0) is 19.8. The Morgan fingerprint density at radius 2 is 1.23 bits per heavy atom. The molecular weight excluding hydrogens is 368 g/mol. The standard InChI is InChI=1S/C26H18N4/c1-28-24-15-14-17(16-25(24)30-23-13-7-4-10-20(23)27-26(28)30)29-21-11-5-2-8-18(21)19-9-3-6-12-22(19)29/h2-16H,1H3. The molecule has 142 valence electrons. The maximum atomic E-state index is 4.86. The van der Waals surface area contributed by atoms with Crippen LogP contribution in [0.25, 0.3) is 55.3 Å². The largest absolute Gasteiger partial charge is 0.313 e. The first-order valence-corrected chi connectivity index (χ1v) is 10.2. The van der Waals surface area contributed by atoms with E-state index in [4.69, 9.17) is 4.98 Å². The van der Waals surface area contributed by atoms with E-state index in [2.05, 4.69) is 106 Å². The van der Waals surface area contributed by atoms with Crippen molar-refractivity contribution >= 4 is 49.7 Å². The Bertz CT molecular complexity index is 1710. The summed E-state index contributed by atoms with van der Waals surface area (Å²) in [5, 5.41) is 2.55. The van der Waals surface area contributed by atoms with Crippen LogP contribution in [0.4, 0.5) is 0 Å². The fourth-order valence-electron chi connectivity index (χ4n) is 4.90. The lowest BCUT2D eigenvalue weighted by atomic mass is 10.2. The highest BCUT2D eigenvalue weighted by Gasteiger charge is 2.16. The zero-order valence-electron chi connectivity index (χ0n) is 16.4. The first kappa shape index (κ1) is 15.8. The van der Waals surface area contributed by atoms with E-state index in [1.807, 2.05) is 6.07 Å². The van der Waals surface area contributed by atoms with Crippen molar-refractivity contribution in [2.75, 3.05) is 0 Å². The fraction of sp³-hybridized carbons (Fsp3) is 0.0385. The third kappa shape index (κ3) is 1.88. The Labute approximate surface area is 172 Å². The summed E-state index contributed by atoms with van der Waals surface area (Å²) in [6.45, 7) is 0. The van der Waals surface area contributed by atoms with Gasteiger partial charge in [0.1, 0.15) is 0 Å². The highest BCUT2D eigenvalue weighted by atomic mass is 15.2. The zero-order valence-corrected chi connectivity index (χ0v) is 16.4. The molecule has 7 rings (SSSR count). The molecule has 0 N–H and O–H groups in total. The predicted molar refractivity (Wildman–Crippen MR) is 124 cm³/mol. The molecule has 0 unspecified atom stereocenters. The Hall–Kier alpha value is -4.05. The third-order valence-electron chi connectivity index (χ3n) is 6.24. The maximum absolute atomic E-state index is 4.86. The molecule has 0 aliphatic heterocycles. The van der Waals surface area contributed by atoms with Gasteiger partial charge in [0.25, 0.3) is 0 Å². The van der Waals surface area contributed by atoms with E-state index in [1.54, 1.807) is 0 Å². The molecule has 4 nitrogen and oxygen atoms in total. The molecule has 0 aliphatic carbocycles. The van der Waals surface area contributed by atoms with Crippen LogP contribution < -0.4 is 0 Å². The summed E-state index contributed by atoms with van der Waals surface area (Å²) in [4.78, 5) is 4.86. The minimum atomic E-state index is 0.963. The first-order chi connectivity index (χ1) is 14.8. The smallest absolute Gasteiger partial charge is 0.215 e. The van der Waals surface area contributed by atoms with Gasteiger partial charge in [0.15, 0.2) is 0 Å². The number of fused-ring (bicyclic) bond motifs is 8. The molecule has 7 aromatic rings. The molecule has 0 saturated carbocycles.